The Balaban J connectivity index is 1.95. The summed E-state index contributed by atoms with van der Waals surface area (Å²) < 4.78 is 0.797. The number of hydrogen-bond acceptors (Lipinski definition) is 2. The average molecular weight is 402 g/mol. The second kappa shape index (κ2) is 7.60. The third-order valence-corrected chi connectivity index (χ3v) is 4.39. The average Bonchev–Trinajstić information content (AvgIpc) is 2.63. The number of nitrogens with zero attached hydrogens (tertiary/aromatic N) is 1. The van der Waals surface area contributed by atoms with E-state index in [4.69, 9.17) is 11.6 Å². The van der Waals surface area contributed by atoms with Crippen LogP contribution in [0.5, 0.6) is 0 Å². The maximum Gasteiger partial charge on any atom is 0.253 e. The topological polar surface area (TPSA) is 42.0 Å². The lowest BCUT2D eigenvalue weighted by atomic mass is 10.0. The first-order chi connectivity index (χ1) is 11.6. The van der Waals surface area contributed by atoms with E-state index < -0.39 is 0 Å². The highest BCUT2D eigenvalue weighted by Gasteiger charge is 2.20. The molecule has 3 rings (SSSR count). The summed E-state index contributed by atoms with van der Waals surface area (Å²) in [7, 11) is 0. The van der Waals surface area contributed by atoms with Gasteiger partial charge >= 0.3 is 0 Å². The van der Waals surface area contributed by atoms with Gasteiger partial charge in [-0.15, -0.1) is 0 Å². The van der Waals surface area contributed by atoms with Crippen LogP contribution in [0.1, 0.15) is 27.7 Å². The van der Waals surface area contributed by atoms with Gasteiger partial charge < -0.3 is 5.32 Å². The molecule has 0 fully saturated rings. The number of benzene rings is 2. The number of amides is 1. The van der Waals surface area contributed by atoms with Crippen LogP contribution in [0.25, 0.3) is 0 Å². The van der Waals surface area contributed by atoms with E-state index in [-0.39, 0.29) is 11.9 Å². The van der Waals surface area contributed by atoms with Crippen LogP contribution < -0.4 is 5.32 Å². The smallest absolute Gasteiger partial charge is 0.253 e. The molecule has 1 aromatic heterocycles. The van der Waals surface area contributed by atoms with Gasteiger partial charge in [-0.05, 0) is 35.9 Å². The summed E-state index contributed by atoms with van der Waals surface area (Å²) in [6.07, 6.45) is 1.71. The van der Waals surface area contributed by atoms with Crippen molar-refractivity contribution in [3.63, 3.8) is 0 Å². The molecule has 5 heteroatoms. The Morgan fingerprint density at radius 2 is 1.79 bits per heavy atom. The van der Waals surface area contributed by atoms with Gasteiger partial charge in [0.1, 0.15) is 0 Å². The molecule has 3 aromatic rings. The summed E-state index contributed by atoms with van der Waals surface area (Å²) in [5.41, 5.74) is 2.14. The Hall–Kier alpha value is -2.17. The Morgan fingerprint density at radius 1 is 1.04 bits per heavy atom. The molecule has 0 spiro atoms. The summed E-state index contributed by atoms with van der Waals surface area (Å²) >= 11 is 9.54. The number of rotatable bonds is 4. The van der Waals surface area contributed by atoms with Crippen molar-refractivity contribution < 1.29 is 4.79 Å². The lowest BCUT2D eigenvalue weighted by Crippen LogP contribution is -2.30. The van der Waals surface area contributed by atoms with Gasteiger partial charge in [0.15, 0.2) is 0 Å². The van der Waals surface area contributed by atoms with Gasteiger partial charge in [0.25, 0.3) is 5.91 Å². The third kappa shape index (κ3) is 3.83. The van der Waals surface area contributed by atoms with Crippen molar-refractivity contribution in [2.75, 3.05) is 0 Å². The van der Waals surface area contributed by atoms with Crippen molar-refractivity contribution in [1.82, 2.24) is 10.3 Å². The van der Waals surface area contributed by atoms with Crippen LogP contribution in [0.2, 0.25) is 5.02 Å². The van der Waals surface area contributed by atoms with Gasteiger partial charge in [-0.2, -0.15) is 0 Å². The molecule has 0 aliphatic carbocycles. The molecule has 24 heavy (non-hydrogen) atoms. The van der Waals surface area contributed by atoms with Gasteiger partial charge in [-0.3, -0.25) is 9.78 Å². The molecule has 1 unspecified atom stereocenters. The van der Waals surface area contributed by atoms with E-state index in [1.807, 2.05) is 48.5 Å². The van der Waals surface area contributed by atoms with E-state index in [0.29, 0.717) is 10.6 Å². The van der Waals surface area contributed by atoms with Gasteiger partial charge in [0, 0.05) is 10.7 Å². The van der Waals surface area contributed by atoms with Crippen molar-refractivity contribution in [3.05, 3.63) is 99.2 Å². The van der Waals surface area contributed by atoms with Crippen molar-refractivity contribution in [2.45, 2.75) is 6.04 Å². The lowest BCUT2D eigenvalue weighted by Gasteiger charge is -2.19. The summed E-state index contributed by atoms with van der Waals surface area (Å²) in [6, 6.07) is 20.2. The standard InChI is InChI=1S/C19H14BrClN2O/c20-14-9-10-16(21)15(12-14)19(24)23-18(13-6-2-1-3-7-13)17-8-4-5-11-22-17/h1-12,18H,(H,23,24). The Kier molecular flexibility index (Phi) is 5.28. The second-order valence-corrected chi connectivity index (χ2v) is 6.52. The van der Waals surface area contributed by atoms with E-state index in [0.717, 1.165) is 15.7 Å². The summed E-state index contributed by atoms with van der Waals surface area (Å²) in [4.78, 5) is 17.1. The molecule has 2 aromatic carbocycles. The first-order valence-electron chi connectivity index (χ1n) is 7.37. The molecule has 0 aliphatic heterocycles. The highest BCUT2D eigenvalue weighted by molar-refractivity contribution is 9.10. The van der Waals surface area contributed by atoms with Gasteiger partial charge in [0.2, 0.25) is 0 Å². The Bertz CT molecular complexity index is 801. The quantitative estimate of drug-likeness (QED) is 0.667. The van der Waals surface area contributed by atoms with Crippen LogP contribution in [0.3, 0.4) is 0 Å². The maximum atomic E-state index is 12.7. The molecule has 0 saturated heterocycles. The minimum absolute atomic E-state index is 0.249. The SMILES string of the molecule is O=C(NC(c1ccccc1)c1ccccn1)c1cc(Br)ccc1Cl. The van der Waals surface area contributed by atoms with E-state index in [9.17, 15) is 4.79 Å². The first-order valence-corrected chi connectivity index (χ1v) is 8.54. The molecular weight excluding hydrogens is 388 g/mol. The van der Waals surface area contributed by atoms with E-state index in [1.54, 1.807) is 24.4 Å². The lowest BCUT2D eigenvalue weighted by molar-refractivity contribution is 0.0942. The van der Waals surface area contributed by atoms with Crippen LogP contribution in [-0.2, 0) is 0 Å². The fourth-order valence-corrected chi connectivity index (χ4v) is 2.97. The van der Waals surface area contributed by atoms with Crippen LogP contribution in [0.15, 0.2) is 77.4 Å². The zero-order valence-electron chi connectivity index (χ0n) is 12.6. The van der Waals surface area contributed by atoms with Crippen molar-refractivity contribution in [1.29, 1.82) is 0 Å². The third-order valence-electron chi connectivity index (χ3n) is 3.56. The second-order valence-electron chi connectivity index (χ2n) is 5.20. The predicted octanol–water partition coefficient (Wildman–Crippen LogP) is 5.02. The number of carbonyl (C=O) groups is 1. The fraction of sp³-hybridized carbons (Fsp3) is 0.0526. The highest BCUT2D eigenvalue weighted by Crippen LogP contribution is 2.24. The Labute approximate surface area is 153 Å². The monoisotopic (exact) mass is 400 g/mol. The van der Waals surface area contributed by atoms with Gasteiger partial charge in [0.05, 0.1) is 22.3 Å². The van der Waals surface area contributed by atoms with Gasteiger partial charge in [-0.25, -0.2) is 0 Å². The summed E-state index contributed by atoms with van der Waals surface area (Å²) in [5.74, 6) is -0.249. The molecule has 3 nitrogen and oxygen atoms in total. The maximum absolute atomic E-state index is 12.7. The normalized spacial score (nSPS) is 11.8. The molecule has 0 aliphatic rings. The van der Waals surface area contributed by atoms with Crippen molar-refractivity contribution >= 4 is 33.4 Å². The molecule has 120 valence electrons. The number of hydrogen-bond donors (Lipinski definition) is 1. The van der Waals surface area contributed by atoms with Crippen LogP contribution in [-0.4, -0.2) is 10.9 Å². The van der Waals surface area contributed by atoms with Crippen molar-refractivity contribution in [2.24, 2.45) is 0 Å². The van der Waals surface area contributed by atoms with Crippen LogP contribution >= 0.6 is 27.5 Å². The highest BCUT2D eigenvalue weighted by atomic mass is 79.9. The molecule has 1 N–H and O–H groups in total. The number of halogens is 2. The Morgan fingerprint density at radius 3 is 2.50 bits per heavy atom. The fourth-order valence-electron chi connectivity index (χ4n) is 2.40. The summed E-state index contributed by atoms with van der Waals surface area (Å²) in [6.45, 7) is 0. The zero-order valence-corrected chi connectivity index (χ0v) is 15.0. The molecule has 0 saturated carbocycles. The number of nitrogens with one attached hydrogen (secondary N) is 1. The molecular formula is C19H14BrClN2O. The molecule has 1 atom stereocenters. The van der Waals surface area contributed by atoms with Crippen molar-refractivity contribution in [3.8, 4) is 0 Å². The van der Waals surface area contributed by atoms with E-state index in [1.165, 1.54) is 0 Å². The molecule has 1 amide bonds. The molecule has 0 radical (unpaired) electrons. The predicted molar refractivity (Wildman–Crippen MR) is 99.1 cm³/mol. The van der Waals surface area contributed by atoms with Crippen LogP contribution in [0.4, 0.5) is 0 Å². The van der Waals surface area contributed by atoms with Gasteiger partial charge in [-0.1, -0.05) is 63.9 Å². The van der Waals surface area contributed by atoms with E-state index >= 15 is 0 Å². The molecule has 0 bridgehead atoms. The minimum Gasteiger partial charge on any atom is -0.339 e. The number of aromatic nitrogens is 1. The first kappa shape index (κ1) is 16.7. The van der Waals surface area contributed by atoms with Crippen LogP contribution in [0, 0.1) is 0 Å². The zero-order chi connectivity index (χ0) is 16.9. The molecule has 1 heterocycles. The van der Waals surface area contributed by atoms with E-state index in [2.05, 4.69) is 26.2 Å². The summed E-state index contributed by atoms with van der Waals surface area (Å²) in [5, 5.41) is 3.43. The number of pyridine rings is 1. The minimum atomic E-state index is -0.352. The number of carbonyl (C=O) groups excluding carboxylic acids is 1. The largest absolute Gasteiger partial charge is 0.339 e.